The molecule has 0 saturated carbocycles. The van der Waals surface area contributed by atoms with Gasteiger partial charge in [-0.05, 0) is 30.9 Å². The molecule has 1 amide bonds. The van der Waals surface area contributed by atoms with Crippen LogP contribution in [0, 0.1) is 5.82 Å². The van der Waals surface area contributed by atoms with Crippen molar-refractivity contribution < 1.29 is 9.18 Å². The number of para-hydroxylation sites is 1. The maximum Gasteiger partial charge on any atom is 0.225 e. The lowest BCUT2D eigenvalue weighted by Gasteiger charge is -2.19. The highest BCUT2D eigenvalue weighted by atomic mass is 19.1. The van der Waals surface area contributed by atoms with Crippen LogP contribution in [0.25, 0.3) is 10.9 Å². The highest BCUT2D eigenvalue weighted by molar-refractivity contribution is 5.93. The molecule has 0 fully saturated rings. The van der Waals surface area contributed by atoms with Gasteiger partial charge in [-0.2, -0.15) is 0 Å². The van der Waals surface area contributed by atoms with Crippen LogP contribution in [0.3, 0.4) is 0 Å². The summed E-state index contributed by atoms with van der Waals surface area (Å²) in [5, 5.41) is 0.795. The van der Waals surface area contributed by atoms with Crippen molar-refractivity contribution in [3.63, 3.8) is 0 Å². The highest BCUT2D eigenvalue weighted by Crippen LogP contribution is 2.37. The number of halogens is 1. The van der Waals surface area contributed by atoms with Crippen LogP contribution < -0.4 is 5.73 Å². The second-order valence-corrected chi connectivity index (χ2v) is 4.53. The zero-order valence-corrected chi connectivity index (χ0v) is 9.29. The number of amides is 1. The van der Waals surface area contributed by atoms with Crippen molar-refractivity contribution in [1.82, 2.24) is 4.98 Å². The van der Waals surface area contributed by atoms with Gasteiger partial charge in [0.15, 0.2) is 0 Å². The quantitative estimate of drug-likeness (QED) is 0.778. The van der Waals surface area contributed by atoms with E-state index in [9.17, 15) is 9.18 Å². The van der Waals surface area contributed by atoms with Gasteiger partial charge in [0.1, 0.15) is 5.82 Å². The molecule has 3 nitrogen and oxygen atoms in total. The van der Waals surface area contributed by atoms with Crippen LogP contribution in [0.5, 0.6) is 0 Å². The van der Waals surface area contributed by atoms with E-state index in [0.29, 0.717) is 5.52 Å². The Morgan fingerprint density at radius 2 is 2.29 bits per heavy atom. The monoisotopic (exact) mass is 232 g/mol. The molecule has 17 heavy (non-hydrogen) atoms. The largest absolute Gasteiger partial charge is 0.369 e. The molecule has 0 aliphatic heterocycles. The van der Waals surface area contributed by atoms with E-state index in [1.165, 1.54) is 6.07 Å². The summed E-state index contributed by atoms with van der Waals surface area (Å²) < 4.78 is 13.7. The molecular formula is C13H13FN2O. The van der Waals surface area contributed by atoms with Crippen molar-refractivity contribution in [3.8, 4) is 0 Å². The fraction of sp³-hybridized carbons (Fsp3) is 0.308. The zero-order chi connectivity index (χ0) is 12.0. The summed E-state index contributed by atoms with van der Waals surface area (Å²) >= 11 is 0. The van der Waals surface area contributed by atoms with E-state index in [4.69, 9.17) is 5.73 Å². The van der Waals surface area contributed by atoms with Crippen molar-refractivity contribution in [3.05, 3.63) is 35.3 Å². The molecule has 88 valence electrons. The average molecular weight is 232 g/mol. The van der Waals surface area contributed by atoms with Gasteiger partial charge in [-0.15, -0.1) is 0 Å². The minimum Gasteiger partial charge on any atom is -0.369 e. The molecule has 1 aliphatic rings. The van der Waals surface area contributed by atoms with Gasteiger partial charge in [-0.1, -0.05) is 12.1 Å². The number of nitrogens with one attached hydrogen (secondary N) is 1. The molecule has 4 heteroatoms. The third kappa shape index (κ3) is 1.44. The zero-order valence-electron chi connectivity index (χ0n) is 9.29. The van der Waals surface area contributed by atoms with Crippen LogP contribution in [0.4, 0.5) is 4.39 Å². The number of aryl methyl sites for hydroxylation is 1. The topological polar surface area (TPSA) is 58.9 Å². The number of benzene rings is 1. The summed E-state index contributed by atoms with van der Waals surface area (Å²) in [4.78, 5) is 14.5. The minimum atomic E-state index is -0.323. The van der Waals surface area contributed by atoms with Gasteiger partial charge >= 0.3 is 0 Å². The van der Waals surface area contributed by atoms with Gasteiger partial charge in [-0.25, -0.2) is 4.39 Å². The number of carbonyl (C=O) groups is 1. The Kier molecular flexibility index (Phi) is 2.18. The Balaban J connectivity index is 2.31. The molecule has 1 atom stereocenters. The first-order chi connectivity index (χ1) is 8.18. The summed E-state index contributed by atoms with van der Waals surface area (Å²) in [6.07, 6.45) is 2.52. The van der Waals surface area contributed by atoms with Crippen LogP contribution >= 0.6 is 0 Å². The van der Waals surface area contributed by atoms with Crippen LogP contribution in [-0.4, -0.2) is 10.9 Å². The number of aromatic nitrogens is 1. The summed E-state index contributed by atoms with van der Waals surface area (Å²) in [7, 11) is 0. The predicted octanol–water partition coefficient (Wildman–Crippen LogP) is 2.21. The highest BCUT2D eigenvalue weighted by Gasteiger charge is 2.28. The molecule has 1 aliphatic carbocycles. The lowest BCUT2D eigenvalue weighted by molar-refractivity contribution is -0.119. The maximum atomic E-state index is 13.7. The first-order valence-electron chi connectivity index (χ1n) is 5.76. The van der Waals surface area contributed by atoms with Gasteiger partial charge < -0.3 is 10.7 Å². The second kappa shape index (κ2) is 3.58. The number of H-pyrrole nitrogens is 1. The van der Waals surface area contributed by atoms with Gasteiger partial charge in [0.2, 0.25) is 5.91 Å². The van der Waals surface area contributed by atoms with E-state index in [2.05, 4.69) is 4.98 Å². The number of hydrogen-bond donors (Lipinski definition) is 2. The molecule has 0 saturated heterocycles. The van der Waals surface area contributed by atoms with Crippen LogP contribution in [0.2, 0.25) is 0 Å². The SMILES string of the molecule is NC(=O)C1CCCc2[nH]c3c(F)cccc3c21. The molecule has 0 spiro atoms. The molecule has 3 rings (SSSR count). The standard InChI is InChI=1S/C13H13FN2O/c14-9-5-1-3-7-11-8(13(15)17)4-2-6-10(11)16-12(7)9/h1,3,5,8,16H,2,4,6H2,(H2,15,17). The summed E-state index contributed by atoms with van der Waals surface area (Å²) in [6, 6.07) is 4.93. The van der Waals surface area contributed by atoms with Crippen molar-refractivity contribution in [2.75, 3.05) is 0 Å². The lowest BCUT2D eigenvalue weighted by atomic mass is 9.85. The average Bonchev–Trinajstić information content (AvgIpc) is 2.69. The van der Waals surface area contributed by atoms with E-state index < -0.39 is 0 Å². The van der Waals surface area contributed by atoms with E-state index in [-0.39, 0.29) is 17.6 Å². The summed E-state index contributed by atoms with van der Waals surface area (Å²) in [5.41, 5.74) is 7.77. The number of primary amides is 1. The van der Waals surface area contributed by atoms with E-state index in [0.717, 1.165) is 35.9 Å². The fourth-order valence-corrected chi connectivity index (χ4v) is 2.76. The van der Waals surface area contributed by atoms with Gasteiger partial charge in [-0.3, -0.25) is 4.79 Å². The van der Waals surface area contributed by atoms with Crippen LogP contribution in [0.15, 0.2) is 18.2 Å². The predicted molar refractivity (Wildman–Crippen MR) is 63.1 cm³/mol. The smallest absolute Gasteiger partial charge is 0.225 e. The third-order valence-electron chi connectivity index (χ3n) is 3.52. The van der Waals surface area contributed by atoms with Crippen molar-refractivity contribution >= 4 is 16.8 Å². The second-order valence-electron chi connectivity index (χ2n) is 4.53. The Labute approximate surface area is 97.8 Å². The Morgan fingerprint density at radius 3 is 3.06 bits per heavy atom. The van der Waals surface area contributed by atoms with Crippen LogP contribution in [-0.2, 0) is 11.2 Å². The van der Waals surface area contributed by atoms with Crippen LogP contribution in [0.1, 0.15) is 30.0 Å². The first kappa shape index (κ1) is 10.3. The molecule has 1 heterocycles. The molecule has 1 unspecified atom stereocenters. The lowest BCUT2D eigenvalue weighted by Crippen LogP contribution is -2.24. The molecule has 3 N–H and O–H groups in total. The third-order valence-corrected chi connectivity index (χ3v) is 3.52. The molecule has 1 aromatic heterocycles. The van der Waals surface area contributed by atoms with E-state index in [1.54, 1.807) is 6.07 Å². The number of nitrogens with two attached hydrogens (primary N) is 1. The van der Waals surface area contributed by atoms with Gasteiger partial charge in [0.25, 0.3) is 0 Å². The molecule has 2 aromatic rings. The Bertz CT molecular complexity index is 603. The normalized spacial score (nSPS) is 19.2. The van der Waals surface area contributed by atoms with E-state index in [1.807, 2.05) is 6.07 Å². The number of hydrogen-bond acceptors (Lipinski definition) is 1. The van der Waals surface area contributed by atoms with Crippen molar-refractivity contribution in [2.45, 2.75) is 25.2 Å². The summed E-state index contributed by atoms with van der Waals surface area (Å²) in [6.45, 7) is 0. The number of rotatable bonds is 1. The Morgan fingerprint density at radius 1 is 1.47 bits per heavy atom. The van der Waals surface area contributed by atoms with Gasteiger partial charge in [0.05, 0.1) is 11.4 Å². The fourth-order valence-electron chi connectivity index (χ4n) is 2.76. The first-order valence-corrected chi connectivity index (χ1v) is 5.76. The number of carbonyl (C=O) groups excluding carboxylic acids is 1. The van der Waals surface area contributed by atoms with Gasteiger partial charge in [0, 0.05) is 11.1 Å². The number of fused-ring (bicyclic) bond motifs is 3. The summed E-state index contributed by atoms with van der Waals surface area (Å²) in [5.74, 6) is -0.884. The van der Waals surface area contributed by atoms with E-state index >= 15 is 0 Å². The molecule has 1 aromatic carbocycles. The molecule has 0 bridgehead atoms. The molecule has 0 radical (unpaired) electrons. The van der Waals surface area contributed by atoms with Crippen molar-refractivity contribution in [2.24, 2.45) is 5.73 Å². The Hall–Kier alpha value is -1.84. The number of aromatic amines is 1. The minimum absolute atomic E-state index is 0.278. The molecular weight excluding hydrogens is 219 g/mol. The maximum absolute atomic E-state index is 13.7. The van der Waals surface area contributed by atoms with Crippen molar-refractivity contribution in [1.29, 1.82) is 0 Å².